The van der Waals surface area contributed by atoms with Gasteiger partial charge in [0.15, 0.2) is 0 Å². The molecule has 29 heavy (non-hydrogen) atoms. The van der Waals surface area contributed by atoms with E-state index in [1.54, 1.807) is 0 Å². The monoisotopic (exact) mass is 400 g/mol. The summed E-state index contributed by atoms with van der Waals surface area (Å²) >= 11 is 0. The van der Waals surface area contributed by atoms with Crippen molar-refractivity contribution >= 4 is 12.0 Å². The highest BCUT2D eigenvalue weighted by molar-refractivity contribution is 5.76. The van der Waals surface area contributed by atoms with Crippen LogP contribution in [-0.4, -0.2) is 33.9 Å². The van der Waals surface area contributed by atoms with E-state index in [1.165, 1.54) is 5.56 Å². The second kappa shape index (κ2) is 10.1. The predicted octanol–water partition coefficient (Wildman–Crippen LogP) is 3.47. The van der Waals surface area contributed by atoms with Crippen molar-refractivity contribution in [3.63, 3.8) is 0 Å². The quantitative estimate of drug-likeness (QED) is 0.665. The Bertz CT molecular complexity index is 823. The third-order valence-corrected chi connectivity index (χ3v) is 4.42. The average Bonchev–Trinajstić information content (AvgIpc) is 2.89. The van der Waals surface area contributed by atoms with E-state index in [2.05, 4.69) is 27.9 Å². The summed E-state index contributed by atoms with van der Waals surface area (Å²) in [6.07, 6.45) is 0.428. The lowest BCUT2D eigenvalue weighted by Crippen LogP contribution is -2.33. The summed E-state index contributed by atoms with van der Waals surface area (Å²) in [4.78, 5) is 23.7. The van der Waals surface area contributed by atoms with E-state index in [4.69, 9.17) is 4.74 Å². The van der Waals surface area contributed by atoms with Gasteiger partial charge in [0.05, 0.1) is 12.2 Å². The maximum Gasteiger partial charge on any atom is 0.407 e. The number of rotatable bonds is 8. The van der Waals surface area contributed by atoms with Crippen molar-refractivity contribution in [1.82, 2.24) is 20.4 Å². The van der Waals surface area contributed by atoms with Gasteiger partial charge in [0.25, 0.3) is 0 Å². The normalized spacial score (nSPS) is 11.2. The fourth-order valence-electron chi connectivity index (χ4n) is 2.93. The number of ether oxygens (including phenoxy) is 1. The zero-order valence-electron chi connectivity index (χ0n) is 18.0. The summed E-state index contributed by atoms with van der Waals surface area (Å²) in [6.45, 7) is 11.0. The fourth-order valence-corrected chi connectivity index (χ4v) is 2.93. The number of aryl methyl sites for hydroxylation is 1. The molecular formula is C22H32N4O3. The second-order valence-electron chi connectivity index (χ2n) is 8.10. The molecule has 0 saturated heterocycles. The van der Waals surface area contributed by atoms with Gasteiger partial charge in [-0.05, 0) is 46.6 Å². The summed E-state index contributed by atoms with van der Waals surface area (Å²) in [5, 5.41) is 10.2. The number of hydrogen-bond donors (Lipinski definition) is 2. The van der Waals surface area contributed by atoms with Crippen LogP contribution < -0.4 is 10.6 Å². The lowest BCUT2D eigenvalue weighted by atomic mass is 10.2. The minimum absolute atomic E-state index is 0.0504. The highest BCUT2D eigenvalue weighted by atomic mass is 16.6. The van der Waals surface area contributed by atoms with E-state index in [1.807, 2.05) is 57.5 Å². The smallest absolute Gasteiger partial charge is 0.407 e. The van der Waals surface area contributed by atoms with Gasteiger partial charge >= 0.3 is 6.09 Å². The molecule has 1 heterocycles. The number of nitrogens with zero attached hydrogens (tertiary/aromatic N) is 2. The van der Waals surface area contributed by atoms with E-state index in [9.17, 15) is 9.59 Å². The van der Waals surface area contributed by atoms with Crippen LogP contribution in [0.5, 0.6) is 0 Å². The SMILES string of the molecule is Cc1nn(Cc2ccccc2)c(C)c1CNC(=O)CCCNC(=O)OC(C)(C)C. The zero-order chi connectivity index (χ0) is 21.4. The van der Waals surface area contributed by atoms with Gasteiger partial charge < -0.3 is 15.4 Å². The van der Waals surface area contributed by atoms with Gasteiger partial charge in [0, 0.05) is 30.8 Å². The number of benzene rings is 1. The molecule has 0 saturated carbocycles. The topological polar surface area (TPSA) is 85.3 Å². The molecule has 0 fully saturated rings. The maximum atomic E-state index is 12.1. The van der Waals surface area contributed by atoms with Crippen LogP contribution in [0.4, 0.5) is 4.79 Å². The molecule has 7 heteroatoms. The highest BCUT2D eigenvalue weighted by Crippen LogP contribution is 2.15. The summed E-state index contributed by atoms with van der Waals surface area (Å²) in [5.41, 5.74) is 3.68. The number of alkyl carbamates (subject to hydrolysis) is 1. The van der Waals surface area contributed by atoms with Crippen molar-refractivity contribution in [2.45, 2.75) is 66.2 Å². The number of amides is 2. The average molecular weight is 401 g/mol. The van der Waals surface area contributed by atoms with Crippen LogP contribution in [-0.2, 0) is 22.6 Å². The molecule has 0 aliphatic carbocycles. The van der Waals surface area contributed by atoms with Crippen molar-refractivity contribution in [2.24, 2.45) is 0 Å². The third kappa shape index (κ3) is 7.60. The van der Waals surface area contributed by atoms with E-state index in [0.29, 0.717) is 32.5 Å². The molecular weight excluding hydrogens is 368 g/mol. The molecule has 2 rings (SSSR count). The van der Waals surface area contributed by atoms with Gasteiger partial charge in [-0.15, -0.1) is 0 Å². The molecule has 0 spiro atoms. The molecule has 7 nitrogen and oxygen atoms in total. The lowest BCUT2D eigenvalue weighted by molar-refractivity contribution is -0.121. The van der Waals surface area contributed by atoms with Crippen molar-refractivity contribution in [2.75, 3.05) is 6.54 Å². The zero-order valence-corrected chi connectivity index (χ0v) is 18.0. The van der Waals surface area contributed by atoms with Crippen molar-refractivity contribution in [3.05, 3.63) is 52.8 Å². The fraction of sp³-hybridized carbons (Fsp3) is 0.500. The molecule has 0 atom stereocenters. The Hall–Kier alpha value is -2.83. The largest absolute Gasteiger partial charge is 0.444 e. The number of carbonyl (C=O) groups excluding carboxylic acids is 2. The Labute approximate surface area is 172 Å². The molecule has 2 amide bonds. The van der Waals surface area contributed by atoms with E-state index >= 15 is 0 Å². The van der Waals surface area contributed by atoms with Crippen LogP contribution >= 0.6 is 0 Å². The number of hydrogen-bond acceptors (Lipinski definition) is 4. The predicted molar refractivity (Wildman–Crippen MR) is 113 cm³/mol. The molecule has 2 N–H and O–H groups in total. The van der Waals surface area contributed by atoms with Crippen LogP contribution in [0.25, 0.3) is 0 Å². The Morgan fingerprint density at radius 2 is 1.79 bits per heavy atom. The minimum atomic E-state index is -0.526. The standard InChI is InChI=1S/C22H32N4O3/c1-16-19(17(2)26(25-16)15-18-10-7-6-8-11-18)14-24-20(27)12-9-13-23-21(28)29-22(3,4)5/h6-8,10-11H,9,12-15H2,1-5H3,(H,23,28)(H,24,27). The Morgan fingerprint density at radius 3 is 2.45 bits per heavy atom. The van der Waals surface area contributed by atoms with Crippen LogP contribution in [0.15, 0.2) is 30.3 Å². The molecule has 0 aliphatic rings. The van der Waals surface area contributed by atoms with E-state index in [0.717, 1.165) is 17.0 Å². The van der Waals surface area contributed by atoms with Crippen molar-refractivity contribution in [1.29, 1.82) is 0 Å². The summed E-state index contributed by atoms with van der Waals surface area (Å²) in [7, 11) is 0. The van der Waals surface area contributed by atoms with Gasteiger partial charge in [0.2, 0.25) is 5.91 Å². The molecule has 0 unspecified atom stereocenters. The molecule has 0 bridgehead atoms. The maximum absolute atomic E-state index is 12.1. The lowest BCUT2D eigenvalue weighted by Gasteiger charge is -2.19. The van der Waals surface area contributed by atoms with Crippen molar-refractivity contribution < 1.29 is 14.3 Å². The molecule has 0 radical (unpaired) electrons. The molecule has 2 aromatic rings. The Kier molecular flexibility index (Phi) is 7.82. The molecule has 1 aromatic carbocycles. The molecule has 0 aliphatic heterocycles. The summed E-state index contributed by atoms with van der Waals surface area (Å²) in [6, 6.07) is 10.2. The number of nitrogens with one attached hydrogen (secondary N) is 2. The van der Waals surface area contributed by atoms with Crippen LogP contribution in [0.3, 0.4) is 0 Å². The minimum Gasteiger partial charge on any atom is -0.444 e. The van der Waals surface area contributed by atoms with Crippen LogP contribution in [0.1, 0.15) is 56.1 Å². The van der Waals surface area contributed by atoms with Gasteiger partial charge in [-0.25, -0.2) is 4.79 Å². The van der Waals surface area contributed by atoms with Gasteiger partial charge in [-0.2, -0.15) is 5.10 Å². The van der Waals surface area contributed by atoms with Gasteiger partial charge in [-0.3, -0.25) is 9.48 Å². The molecule has 158 valence electrons. The van der Waals surface area contributed by atoms with Gasteiger partial charge in [0.1, 0.15) is 5.60 Å². The molecule has 1 aromatic heterocycles. The first-order valence-corrected chi connectivity index (χ1v) is 9.96. The third-order valence-electron chi connectivity index (χ3n) is 4.42. The first-order valence-electron chi connectivity index (χ1n) is 9.96. The first kappa shape index (κ1) is 22.5. The number of aromatic nitrogens is 2. The van der Waals surface area contributed by atoms with E-state index in [-0.39, 0.29) is 5.91 Å². The van der Waals surface area contributed by atoms with Gasteiger partial charge in [-0.1, -0.05) is 30.3 Å². The Morgan fingerprint density at radius 1 is 1.10 bits per heavy atom. The Balaban J connectivity index is 1.76. The van der Waals surface area contributed by atoms with Crippen LogP contribution in [0.2, 0.25) is 0 Å². The first-order chi connectivity index (χ1) is 13.7. The summed E-state index contributed by atoms with van der Waals surface area (Å²) in [5.74, 6) is -0.0504. The summed E-state index contributed by atoms with van der Waals surface area (Å²) < 4.78 is 7.13. The van der Waals surface area contributed by atoms with Crippen LogP contribution in [0, 0.1) is 13.8 Å². The van der Waals surface area contributed by atoms with Crippen molar-refractivity contribution in [3.8, 4) is 0 Å². The van der Waals surface area contributed by atoms with E-state index < -0.39 is 11.7 Å². The number of carbonyl (C=O) groups is 2. The highest BCUT2D eigenvalue weighted by Gasteiger charge is 2.16. The second-order valence-corrected chi connectivity index (χ2v) is 8.10.